The summed E-state index contributed by atoms with van der Waals surface area (Å²) in [5.74, 6) is 0.487. The molecule has 1 rings (SSSR count). The Labute approximate surface area is 104 Å². The standard InChI is InChI=1S/C12H15BrO3/c1-12(2,7-14)6-8-4-9(13)11(15)10(5-8)16-3/h4-5,7,15H,6H2,1-3H3. The molecule has 0 aliphatic rings. The molecule has 0 amide bonds. The van der Waals surface area contributed by atoms with Crippen molar-refractivity contribution < 1.29 is 14.6 Å². The monoisotopic (exact) mass is 286 g/mol. The fourth-order valence-corrected chi connectivity index (χ4v) is 1.94. The van der Waals surface area contributed by atoms with Gasteiger partial charge in [-0.1, -0.05) is 13.8 Å². The molecule has 0 spiro atoms. The SMILES string of the molecule is COc1cc(CC(C)(C)C=O)cc(Br)c1O. The van der Waals surface area contributed by atoms with Gasteiger partial charge in [0.05, 0.1) is 11.6 Å². The number of hydrogen-bond acceptors (Lipinski definition) is 3. The Bertz CT molecular complexity index is 399. The Morgan fingerprint density at radius 3 is 2.62 bits per heavy atom. The lowest BCUT2D eigenvalue weighted by Gasteiger charge is -2.17. The van der Waals surface area contributed by atoms with Gasteiger partial charge in [-0.15, -0.1) is 0 Å². The van der Waals surface area contributed by atoms with Crippen molar-refractivity contribution in [3.8, 4) is 11.5 Å². The Morgan fingerprint density at radius 2 is 2.12 bits per heavy atom. The molecule has 0 saturated carbocycles. The summed E-state index contributed by atoms with van der Waals surface area (Å²) in [6, 6.07) is 3.54. The molecule has 4 heteroatoms. The van der Waals surface area contributed by atoms with Gasteiger partial charge in [0.1, 0.15) is 6.29 Å². The zero-order valence-corrected chi connectivity index (χ0v) is 11.2. The van der Waals surface area contributed by atoms with Crippen molar-refractivity contribution >= 4 is 22.2 Å². The van der Waals surface area contributed by atoms with Crippen LogP contribution in [0.2, 0.25) is 0 Å². The third-order valence-electron chi connectivity index (χ3n) is 2.29. The van der Waals surface area contributed by atoms with E-state index >= 15 is 0 Å². The lowest BCUT2D eigenvalue weighted by atomic mass is 9.87. The van der Waals surface area contributed by atoms with Gasteiger partial charge < -0.3 is 14.6 Å². The summed E-state index contributed by atoms with van der Waals surface area (Å²) in [6.45, 7) is 3.74. The van der Waals surface area contributed by atoms with Crippen LogP contribution in [0, 0.1) is 5.41 Å². The van der Waals surface area contributed by atoms with Crippen molar-refractivity contribution in [2.45, 2.75) is 20.3 Å². The number of phenols is 1. The van der Waals surface area contributed by atoms with Crippen LogP contribution in [0.4, 0.5) is 0 Å². The second-order valence-electron chi connectivity index (χ2n) is 4.41. The Hall–Kier alpha value is -1.03. The maximum absolute atomic E-state index is 10.8. The van der Waals surface area contributed by atoms with Crippen molar-refractivity contribution in [1.29, 1.82) is 0 Å². The lowest BCUT2D eigenvalue weighted by molar-refractivity contribution is -0.114. The second-order valence-corrected chi connectivity index (χ2v) is 5.27. The van der Waals surface area contributed by atoms with Crippen molar-refractivity contribution in [3.05, 3.63) is 22.2 Å². The number of aldehydes is 1. The van der Waals surface area contributed by atoms with Crippen LogP contribution in [-0.4, -0.2) is 18.5 Å². The maximum Gasteiger partial charge on any atom is 0.172 e. The zero-order chi connectivity index (χ0) is 12.3. The molecule has 0 bridgehead atoms. The number of methoxy groups -OCH3 is 1. The Kier molecular flexibility index (Phi) is 3.97. The third-order valence-corrected chi connectivity index (χ3v) is 2.89. The summed E-state index contributed by atoms with van der Waals surface area (Å²) < 4.78 is 5.62. The van der Waals surface area contributed by atoms with Crippen LogP contribution < -0.4 is 4.74 Å². The van der Waals surface area contributed by atoms with Gasteiger partial charge in [0.2, 0.25) is 0 Å². The summed E-state index contributed by atoms with van der Waals surface area (Å²) in [6.07, 6.45) is 1.53. The number of carbonyl (C=O) groups excluding carboxylic acids is 1. The highest BCUT2D eigenvalue weighted by atomic mass is 79.9. The molecule has 0 aliphatic carbocycles. The van der Waals surface area contributed by atoms with Gasteiger partial charge in [0.25, 0.3) is 0 Å². The summed E-state index contributed by atoms with van der Waals surface area (Å²) in [5, 5.41) is 9.64. The van der Waals surface area contributed by atoms with Gasteiger partial charge in [0, 0.05) is 5.41 Å². The smallest absolute Gasteiger partial charge is 0.172 e. The van der Waals surface area contributed by atoms with Crippen LogP contribution in [0.1, 0.15) is 19.4 Å². The van der Waals surface area contributed by atoms with Crippen LogP contribution in [0.15, 0.2) is 16.6 Å². The highest BCUT2D eigenvalue weighted by Crippen LogP contribution is 2.36. The van der Waals surface area contributed by atoms with E-state index in [0.29, 0.717) is 16.6 Å². The maximum atomic E-state index is 10.8. The molecule has 1 N–H and O–H groups in total. The zero-order valence-electron chi connectivity index (χ0n) is 9.58. The summed E-state index contributed by atoms with van der Waals surface area (Å²) in [4.78, 5) is 10.8. The molecule has 16 heavy (non-hydrogen) atoms. The minimum absolute atomic E-state index is 0.0789. The number of benzene rings is 1. The van der Waals surface area contributed by atoms with E-state index in [1.807, 2.05) is 13.8 Å². The molecule has 0 unspecified atom stereocenters. The molecule has 0 fully saturated rings. The second kappa shape index (κ2) is 4.87. The molecule has 0 saturated heterocycles. The first-order valence-electron chi connectivity index (χ1n) is 4.91. The van der Waals surface area contributed by atoms with Crippen molar-refractivity contribution in [2.75, 3.05) is 7.11 Å². The number of phenolic OH excluding ortho intramolecular Hbond substituents is 1. The quantitative estimate of drug-likeness (QED) is 0.866. The van der Waals surface area contributed by atoms with Crippen molar-refractivity contribution in [3.63, 3.8) is 0 Å². The molecule has 3 nitrogen and oxygen atoms in total. The molecular formula is C12H15BrO3. The highest BCUT2D eigenvalue weighted by Gasteiger charge is 2.19. The van der Waals surface area contributed by atoms with E-state index in [2.05, 4.69) is 15.9 Å². The van der Waals surface area contributed by atoms with Gasteiger partial charge in [0.15, 0.2) is 11.5 Å². The first-order chi connectivity index (χ1) is 7.39. The van der Waals surface area contributed by atoms with E-state index in [9.17, 15) is 9.90 Å². The van der Waals surface area contributed by atoms with Crippen LogP contribution in [0.25, 0.3) is 0 Å². The van der Waals surface area contributed by atoms with E-state index in [1.165, 1.54) is 7.11 Å². The van der Waals surface area contributed by atoms with E-state index in [-0.39, 0.29) is 5.75 Å². The average molecular weight is 287 g/mol. The normalized spacial score (nSPS) is 11.2. The van der Waals surface area contributed by atoms with Crippen LogP contribution in [0.3, 0.4) is 0 Å². The van der Waals surface area contributed by atoms with Crippen molar-refractivity contribution in [2.24, 2.45) is 5.41 Å². The van der Waals surface area contributed by atoms with Crippen LogP contribution in [-0.2, 0) is 11.2 Å². The molecule has 0 atom stereocenters. The third kappa shape index (κ3) is 2.98. The predicted octanol–water partition coefficient (Wildman–Crippen LogP) is 2.93. The summed E-state index contributed by atoms with van der Waals surface area (Å²) in [5.41, 5.74) is 0.528. The number of ether oxygens (including phenoxy) is 1. The van der Waals surface area contributed by atoms with E-state index in [0.717, 1.165) is 11.8 Å². The summed E-state index contributed by atoms with van der Waals surface area (Å²) >= 11 is 3.25. The minimum Gasteiger partial charge on any atom is -0.503 e. The number of hydrogen-bond donors (Lipinski definition) is 1. The molecule has 0 aromatic heterocycles. The fourth-order valence-electron chi connectivity index (χ4n) is 1.45. The Morgan fingerprint density at radius 1 is 1.50 bits per heavy atom. The first-order valence-corrected chi connectivity index (χ1v) is 5.70. The summed E-state index contributed by atoms with van der Waals surface area (Å²) in [7, 11) is 1.50. The molecule has 1 aromatic rings. The number of aromatic hydroxyl groups is 1. The van der Waals surface area contributed by atoms with Gasteiger partial charge >= 0.3 is 0 Å². The molecule has 1 aromatic carbocycles. The van der Waals surface area contributed by atoms with Crippen LogP contribution in [0.5, 0.6) is 11.5 Å². The van der Waals surface area contributed by atoms with Gasteiger partial charge in [-0.3, -0.25) is 0 Å². The number of rotatable bonds is 4. The molecule has 0 aliphatic heterocycles. The predicted molar refractivity (Wildman–Crippen MR) is 65.9 cm³/mol. The topological polar surface area (TPSA) is 46.5 Å². The molecule has 0 radical (unpaired) electrons. The van der Waals surface area contributed by atoms with E-state index in [4.69, 9.17) is 4.74 Å². The van der Waals surface area contributed by atoms with Gasteiger partial charge in [-0.05, 0) is 40.0 Å². The van der Waals surface area contributed by atoms with Gasteiger partial charge in [-0.2, -0.15) is 0 Å². The minimum atomic E-state index is -0.415. The largest absolute Gasteiger partial charge is 0.503 e. The van der Waals surface area contributed by atoms with E-state index < -0.39 is 5.41 Å². The highest BCUT2D eigenvalue weighted by molar-refractivity contribution is 9.10. The first kappa shape index (κ1) is 13.0. The van der Waals surface area contributed by atoms with Crippen molar-refractivity contribution in [1.82, 2.24) is 0 Å². The molecule has 0 heterocycles. The lowest BCUT2D eigenvalue weighted by Crippen LogP contribution is -2.16. The fraction of sp³-hybridized carbons (Fsp3) is 0.417. The Balaban J connectivity index is 3.07. The van der Waals surface area contributed by atoms with Crippen LogP contribution >= 0.6 is 15.9 Å². The average Bonchev–Trinajstić information content (AvgIpc) is 2.22. The molecule has 88 valence electrons. The number of halogens is 1. The number of carbonyl (C=O) groups is 1. The van der Waals surface area contributed by atoms with Gasteiger partial charge in [-0.25, -0.2) is 0 Å². The molecular weight excluding hydrogens is 272 g/mol. The van der Waals surface area contributed by atoms with E-state index in [1.54, 1.807) is 12.1 Å².